The van der Waals surface area contributed by atoms with Crippen molar-refractivity contribution in [2.24, 2.45) is 0 Å². The molecule has 0 N–H and O–H groups in total. The van der Waals surface area contributed by atoms with Crippen molar-refractivity contribution in [3.05, 3.63) is 106 Å². The second-order valence-electron chi connectivity index (χ2n) is 6.20. The Hall–Kier alpha value is -4.46. The third kappa shape index (κ3) is 3.74. The fourth-order valence-corrected chi connectivity index (χ4v) is 2.89. The van der Waals surface area contributed by atoms with Gasteiger partial charge < -0.3 is 9.68 Å². The first-order valence-electron chi connectivity index (χ1n) is 8.87. The lowest BCUT2D eigenvalue weighted by molar-refractivity contribution is -0.140. The topological polar surface area (TPSA) is 96.6 Å². The van der Waals surface area contributed by atoms with E-state index in [-0.39, 0.29) is 0 Å². The van der Waals surface area contributed by atoms with Crippen molar-refractivity contribution >= 4 is 33.7 Å². The minimum atomic E-state index is -0.962. The zero-order valence-corrected chi connectivity index (χ0v) is 15.4. The number of benzene rings is 2. The number of nitrogens with zero attached hydrogens (tertiary/aromatic N) is 2. The number of fused-ring (bicyclic) bond motifs is 2. The molecule has 0 saturated heterocycles. The van der Waals surface area contributed by atoms with E-state index in [9.17, 15) is 19.2 Å². The zero-order valence-electron chi connectivity index (χ0n) is 15.4. The van der Waals surface area contributed by atoms with Crippen LogP contribution in [0.3, 0.4) is 0 Å². The summed E-state index contributed by atoms with van der Waals surface area (Å²) in [6.45, 7) is 0. The molecular weight excluding hydrogens is 388 g/mol. The highest BCUT2D eigenvalue weighted by Crippen LogP contribution is 2.10. The van der Waals surface area contributed by atoms with Crippen molar-refractivity contribution in [2.45, 2.75) is 0 Å². The van der Waals surface area contributed by atoms with Gasteiger partial charge >= 0.3 is 11.9 Å². The summed E-state index contributed by atoms with van der Waals surface area (Å²) in [6, 6.07) is 19.5. The van der Waals surface area contributed by atoms with Crippen molar-refractivity contribution in [1.29, 1.82) is 0 Å². The van der Waals surface area contributed by atoms with Crippen molar-refractivity contribution in [3.8, 4) is 0 Å². The average molecular weight is 402 g/mol. The van der Waals surface area contributed by atoms with Crippen LogP contribution in [0.1, 0.15) is 0 Å². The second-order valence-corrected chi connectivity index (χ2v) is 6.20. The van der Waals surface area contributed by atoms with E-state index in [1.807, 2.05) is 0 Å². The third-order valence-corrected chi connectivity index (χ3v) is 4.24. The van der Waals surface area contributed by atoms with Gasteiger partial charge in [-0.2, -0.15) is 0 Å². The van der Waals surface area contributed by atoms with Crippen LogP contribution in [0, 0.1) is 0 Å². The van der Waals surface area contributed by atoms with Crippen molar-refractivity contribution in [3.63, 3.8) is 0 Å². The number of hydrogen-bond acceptors (Lipinski definition) is 6. The number of carbonyl (C=O) groups excluding carboxylic acids is 2. The van der Waals surface area contributed by atoms with Gasteiger partial charge in [0, 0.05) is 35.1 Å². The van der Waals surface area contributed by atoms with Crippen molar-refractivity contribution < 1.29 is 19.3 Å². The molecule has 2 aromatic heterocycles. The molecule has 0 bridgehead atoms. The van der Waals surface area contributed by atoms with Gasteiger partial charge in [-0.05, 0) is 24.3 Å². The summed E-state index contributed by atoms with van der Waals surface area (Å²) in [4.78, 5) is 58.4. The Bertz CT molecular complexity index is 1320. The third-order valence-electron chi connectivity index (χ3n) is 4.24. The molecule has 0 radical (unpaired) electrons. The largest absolute Gasteiger partial charge is 0.356 e. The van der Waals surface area contributed by atoms with Gasteiger partial charge in [0.05, 0.1) is 11.0 Å². The maximum atomic E-state index is 12.1. The van der Waals surface area contributed by atoms with Gasteiger partial charge in [-0.1, -0.05) is 36.4 Å². The molecule has 0 unspecified atom stereocenters. The van der Waals surface area contributed by atoms with Gasteiger partial charge in [-0.3, -0.25) is 9.59 Å². The molecule has 0 aliphatic rings. The smallest absolute Gasteiger partial charge is 0.328 e. The molecule has 2 aromatic carbocycles. The molecule has 0 aliphatic carbocycles. The molecule has 148 valence electrons. The molecule has 8 nitrogen and oxygen atoms in total. The molecule has 2 heterocycles. The van der Waals surface area contributed by atoms with Gasteiger partial charge in [0.25, 0.3) is 11.1 Å². The quantitative estimate of drug-likeness (QED) is 0.480. The average Bonchev–Trinajstić information content (AvgIpc) is 2.76. The summed E-state index contributed by atoms with van der Waals surface area (Å²) in [5.41, 5.74) is -0.283. The van der Waals surface area contributed by atoms with E-state index >= 15 is 0 Å². The highest BCUT2D eigenvalue weighted by Gasteiger charge is 2.10. The lowest BCUT2D eigenvalue weighted by atomic mass is 10.2. The Kier molecular flexibility index (Phi) is 4.96. The normalized spacial score (nSPS) is 11.1. The van der Waals surface area contributed by atoms with Crippen LogP contribution in [0.25, 0.3) is 21.8 Å². The van der Waals surface area contributed by atoms with Crippen LogP contribution in [0.2, 0.25) is 0 Å². The van der Waals surface area contributed by atoms with Crippen molar-refractivity contribution in [1.82, 2.24) is 9.46 Å². The van der Waals surface area contributed by atoms with Crippen LogP contribution < -0.4 is 20.8 Å². The minimum Gasteiger partial charge on any atom is -0.328 e. The number of rotatable bonds is 4. The first kappa shape index (κ1) is 18.9. The minimum absolute atomic E-state index is 0.400. The van der Waals surface area contributed by atoms with E-state index in [4.69, 9.17) is 9.68 Å². The van der Waals surface area contributed by atoms with Crippen LogP contribution in [-0.4, -0.2) is 21.4 Å². The van der Waals surface area contributed by atoms with Crippen LogP contribution >= 0.6 is 0 Å². The lowest BCUT2D eigenvalue weighted by Gasteiger charge is -2.08. The first-order chi connectivity index (χ1) is 14.5. The highest BCUT2D eigenvalue weighted by molar-refractivity contribution is 5.92. The molecule has 30 heavy (non-hydrogen) atoms. The summed E-state index contributed by atoms with van der Waals surface area (Å²) < 4.78 is 1.67. The molecule has 0 spiro atoms. The van der Waals surface area contributed by atoms with E-state index in [0.29, 0.717) is 21.8 Å². The SMILES string of the molecule is O=C(/C=C/C(=O)On1c(=O)ccc2ccccc21)On1c(=O)ccc2ccccc21. The molecule has 4 rings (SSSR count). The van der Waals surface area contributed by atoms with Crippen molar-refractivity contribution in [2.75, 3.05) is 0 Å². The van der Waals surface area contributed by atoms with Gasteiger partial charge in [0.1, 0.15) is 0 Å². The fraction of sp³-hybridized carbons (Fsp3) is 0. The Balaban J connectivity index is 1.53. The molecule has 8 heteroatoms. The molecule has 0 amide bonds. The maximum Gasteiger partial charge on any atom is 0.356 e. The lowest BCUT2D eigenvalue weighted by Crippen LogP contribution is -2.31. The van der Waals surface area contributed by atoms with Gasteiger partial charge in [0.2, 0.25) is 0 Å². The number of aromatic nitrogens is 2. The summed E-state index contributed by atoms with van der Waals surface area (Å²) in [5, 5.41) is 1.40. The van der Waals surface area contributed by atoms with Gasteiger partial charge in [-0.15, -0.1) is 9.46 Å². The number of hydrogen-bond donors (Lipinski definition) is 0. The Morgan fingerprint density at radius 2 is 1.00 bits per heavy atom. The van der Waals surface area contributed by atoms with Crippen LogP contribution in [0.15, 0.2) is 94.5 Å². The zero-order chi connectivity index (χ0) is 21.1. The van der Waals surface area contributed by atoms with E-state index in [0.717, 1.165) is 21.6 Å². The number of pyridine rings is 2. The molecule has 0 saturated carbocycles. The summed E-state index contributed by atoms with van der Waals surface area (Å²) in [5.74, 6) is -1.92. The van der Waals surface area contributed by atoms with Crippen LogP contribution in [0.4, 0.5) is 0 Å². The van der Waals surface area contributed by atoms with Crippen LogP contribution in [-0.2, 0) is 9.59 Å². The van der Waals surface area contributed by atoms with E-state index < -0.39 is 23.1 Å². The summed E-state index contributed by atoms with van der Waals surface area (Å²) >= 11 is 0. The first-order valence-corrected chi connectivity index (χ1v) is 8.87. The second kappa shape index (κ2) is 7.88. The van der Waals surface area contributed by atoms with E-state index in [1.54, 1.807) is 60.7 Å². The Morgan fingerprint density at radius 1 is 0.600 bits per heavy atom. The molecule has 0 atom stereocenters. The summed E-state index contributed by atoms with van der Waals surface area (Å²) in [6.07, 6.45) is 1.62. The van der Waals surface area contributed by atoms with E-state index in [1.165, 1.54) is 12.1 Å². The predicted molar refractivity (Wildman–Crippen MR) is 109 cm³/mol. The van der Waals surface area contributed by atoms with Gasteiger partial charge in [-0.25, -0.2) is 9.59 Å². The Morgan fingerprint density at radius 3 is 1.43 bits per heavy atom. The van der Waals surface area contributed by atoms with Crippen LogP contribution in [0.5, 0.6) is 0 Å². The molecular formula is C22H14N2O6. The molecule has 0 fully saturated rings. The summed E-state index contributed by atoms with van der Waals surface area (Å²) in [7, 11) is 0. The molecule has 4 aromatic rings. The predicted octanol–water partition coefficient (Wildman–Crippen LogP) is 1.48. The standard InChI is InChI=1S/C22H14N2O6/c25-19-11-9-15-5-1-3-7-17(15)23(19)29-21(27)13-14-22(28)30-24-18-8-4-2-6-16(18)10-12-20(24)26/h1-14H/b14-13+. The molecule has 0 aliphatic heterocycles. The Labute approximate surface area is 168 Å². The number of para-hydroxylation sites is 2. The van der Waals surface area contributed by atoms with Gasteiger partial charge in [0.15, 0.2) is 0 Å². The number of carbonyl (C=O) groups is 2. The fourth-order valence-electron chi connectivity index (χ4n) is 2.89. The monoisotopic (exact) mass is 402 g/mol. The van der Waals surface area contributed by atoms with E-state index in [2.05, 4.69) is 0 Å². The highest BCUT2D eigenvalue weighted by atomic mass is 16.7. The maximum absolute atomic E-state index is 12.1.